The van der Waals surface area contributed by atoms with Gasteiger partial charge in [0.05, 0.1) is 4.90 Å². The molecule has 0 heterocycles. The van der Waals surface area contributed by atoms with Crippen LogP contribution in [0.4, 0.5) is 0 Å². The van der Waals surface area contributed by atoms with Crippen LogP contribution in [0.1, 0.15) is 11.1 Å². The second-order valence-electron chi connectivity index (χ2n) is 4.67. The molecule has 21 heavy (non-hydrogen) atoms. The molecule has 2 aromatic rings. The molecule has 0 saturated heterocycles. The van der Waals surface area contributed by atoms with Gasteiger partial charge in [-0.05, 0) is 35.4 Å². The van der Waals surface area contributed by atoms with Crippen molar-refractivity contribution in [2.45, 2.75) is 16.8 Å². The Morgan fingerprint density at radius 3 is 2.29 bits per heavy atom. The molecular formula is C15H15Br2NO2S. The smallest absolute Gasteiger partial charge is 0.207 e. The third kappa shape index (κ3) is 4.16. The average molecular weight is 433 g/mol. The van der Waals surface area contributed by atoms with Gasteiger partial charge in [-0.15, -0.1) is 0 Å². The third-order valence-electron chi connectivity index (χ3n) is 3.08. The van der Waals surface area contributed by atoms with Crippen molar-refractivity contribution in [3.8, 4) is 0 Å². The van der Waals surface area contributed by atoms with Crippen LogP contribution >= 0.6 is 31.9 Å². The van der Waals surface area contributed by atoms with Crippen LogP contribution in [0.2, 0.25) is 0 Å². The summed E-state index contributed by atoms with van der Waals surface area (Å²) in [6.07, 6.45) is 0. The first-order chi connectivity index (χ1) is 9.93. The second-order valence-corrected chi connectivity index (χ2v) is 8.19. The van der Waals surface area contributed by atoms with E-state index in [0.717, 1.165) is 15.6 Å². The number of halogens is 2. The summed E-state index contributed by atoms with van der Waals surface area (Å²) in [5.74, 6) is 0. The number of hydrogen-bond acceptors (Lipinski definition) is 2. The lowest BCUT2D eigenvalue weighted by Gasteiger charge is -2.17. The Kier molecular flexibility index (Phi) is 5.60. The van der Waals surface area contributed by atoms with Gasteiger partial charge in [-0.3, -0.25) is 0 Å². The Bertz CT molecular complexity index is 715. The van der Waals surface area contributed by atoms with Crippen molar-refractivity contribution in [3.63, 3.8) is 0 Å². The number of hydrogen-bond donors (Lipinski definition) is 0. The van der Waals surface area contributed by atoms with Gasteiger partial charge in [-0.1, -0.05) is 56.1 Å². The Balaban J connectivity index is 2.21. The van der Waals surface area contributed by atoms with Crippen LogP contribution in [-0.4, -0.2) is 19.8 Å². The zero-order valence-electron chi connectivity index (χ0n) is 11.5. The largest absolute Gasteiger partial charge is 0.243 e. The molecule has 0 saturated carbocycles. The fourth-order valence-electron chi connectivity index (χ4n) is 1.91. The number of alkyl halides is 1. The molecule has 0 atom stereocenters. The first-order valence-corrected chi connectivity index (χ1v) is 9.64. The lowest BCUT2D eigenvalue weighted by Crippen LogP contribution is -2.26. The van der Waals surface area contributed by atoms with Gasteiger partial charge in [-0.2, -0.15) is 4.31 Å². The summed E-state index contributed by atoms with van der Waals surface area (Å²) in [5, 5.41) is 0.710. The monoisotopic (exact) mass is 431 g/mol. The molecule has 0 aliphatic rings. The predicted octanol–water partition coefficient (Wildman–Crippen LogP) is 4.16. The number of nitrogens with zero attached hydrogens (tertiary/aromatic N) is 1. The van der Waals surface area contributed by atoms with E-state index in [1.165, 1.54) is 4.31 Å². The van der Waals surface area contributed by atoms with Crippen molar-refractivity contribution in [2.24, 2.45) is 0 Å². The molecule has 3 nitrogen and oxygen atoms in total. The van der Waals surface area contributed by atoms with E-state index in [1.807, 2.05) is 36.4 Å². The lowest BCUT2D eigenvalue weighted by molar-refractivity contribution is 0.466. The second kappa shape index (κ2) is 7.05. The Morgan fingerprint density at radius 1 is 1.05 bits per heavy atom. The number of rotatable bonds is 5. The molecule has 0 N–H and O–H groups in total. The van der Waals surface area contributed by atoms with Gasteiger partial charge in [0.25, 0.3) is 0 Å². The molecule has 0 radical (unpaired) electrons. The van der Waals surface area contributed by atoms with Gasteiger partial charge in [0, 0.05) is 23.4 Å². The van der Waals surface area contributed by atoms with E-state index >= 15 is 0 Å². The standard InChI is InChI=1S/C15H15Br2NO2S/c1-18(11-13-3-2-4-14(17)9-13)21(19,20)15-7-5-12(10-16)6-8-15/h2-9H,10-11H2,1H3. The highest BCUT2D eigenvalue weighted by atomic mass is 79.9. The SMILES string of the molecule is CN(Cc1cccc(Br)c1)S(=O)(=O)c1ccc(CBr)cc1. The minimum absolute atomic E-state index is 0.310. The normalized spacial score (nSPS) is 11.8. The van der Waals surface area contributed by atoms with Crippen molar-refractivity contribution in [1.29, 1.82) is 0 Å². The summed E-state index contributed by atoms with van der Waals surface area (Å²) < 4.78 is 27.3. The molecule has 0 fully saturated rings. The zero-order chi connectivity index (χ0) is 15.5. The number of sulfonamides is 1. The summed E-state index contributed by atoms with van der Waals surface area (Å²) in [7, 11) is -1.88. The highest BCUT2D eigenvalue weighted by Gasteiger charge is 2.20. The minimum atomic E-state index is -3.47. The molecule has 112 valence electrons. The Labute approximate surface area is 142 Å². The highest BCUT2D eigenvalue weighted by molar-refractivity contribution is 9.10. The quantitative estimate of drug-likeness (QED) is 0.665. The van der Waals surface area contributed by atoms with Crippen LogP contribution in [0.3, 0.4) is 0 Å². The van der Waals surface area contributed by atoms with E-state index in [4.69, 9.17) is 0 Å². The van der Waals surface area contributed by atoms with Gasteiger partial charge in [0.1, 0.15) is 0 Å². The van der Waals surface area contributed by atoms with Gasteiger partial charge in [0.15, 0.2) is 0 Å². The van der Waals surface area contributed by atoms with Crippen molar-refractivity contribution >= 4 is 41.9 Å². The summed E-state index contributed by atoms with van der Waals surface area (Å²) in [5.41, 5.74) is 1.98. The van der Waals surface area contributed by atoms with Gasteiger partial charge in [0.2, 0.25) is 10.0 Å². The van der Waals surface area contributed by atoms with E-state index in [-0.39, 0.29) is 0 Å². The molecule has 6 heteroatoms. The van der Waals surface area contributed by atoms with Crippen LogP contribution in [-0.2, 0) is 21.9 Å². The molecule has 0 spiro atoms. The summed E-state index contributed by atoms with van der Waals surface area (Å²) >= 11 is 6.74. The fourth-order valence-corrected chi connectivity index (χ4v) is 3.89. The highest BCUT2D eigenvalue weighted by Crippen LogP contribution is 2.19. The fraction of sp³-hybridized carbons (Fsp3) is 0.200. The number of benzene rings is 2. The predicted molar refractivity (Wildman–Crippen MR) is 91.9 cm³/mol. The van der Waals surface area contributed by atoms with E-state index in [9.17, 15) is 8.42 Å². The molecule has 0 aliphatic carbocycles. The maximum absolute atomic E-state index is 12.5. The molecule has 0 aliphatic heterocycles. The Morgan fingerprint density at radius 2 is 1.71 bits per heavy atom. The van der Waals surface area contributed by atoms with Gasteiger partial charge in [-0.25, -0.2) is 8.42 Å². The van der Waals surface area contributed by atoms with E-state index in [0.29, 0.717) is 16.8 Å². The van der Waals surface area contributed by atoms with Crippen LogP contribution in [0.5, 0.6) is 0 Å². The van der Waals surface area contributed by atoms with Crippen molar-refractivity contribution in [3.05, 3.63) is 64.1 Å². The molecule has 0 bridgehead atoms. The molecule has 0 aromatic heterocycles. The molecule has 2 aromatic carbocycles. The first kappa shape index (κ1) is 16.7. The summed E-state index contributed by atoms with van der Waals surface area (Å²) in [4.78, 5) is 0.310. The van der Waals surface area contributed by atoms with Gasteiger partial charge < -0.3 is 0 Å². The van der Waals surface area contributed by atoms with Crippen molar-refractivity contribution in [2.75, 3.05) is 7.05 Å². The van der Waals surface area contributed by atoms with E-state index in [2.05, 4.69) is 31.9 Å². The van der Waals surface area contributed by atoms with E-state index < -0.39 is 10.0 Å². The minimum Gasteiger partial charge on any atom is -0.207 e. The van der Waals surface area contributed by atoms with Crippen LogP contribution in [0.25, 0.3) is 0 Å². The van der Waals surface area contributed by atoms with Crippen LogP contribution in [0, 0.1) is 0 Å². The zero-order valence-corrected chi connectivity index (χ0v) is 15.4. The topological polar surface area (TPSA) is 37.4 Å². The van der Waals surface area contributed by atoms with Gasteiger partial charge >= 0.3 is 0 Å². The first-order valence-electron chi connectivity index (χ1n) is 6.29. The Hall–Kier alpha value is -0.690. The third-order valence-corrected chi connectivity index (χ3v) is 6.04. The maximum atomic E-state index is 12.5. The summed E-state index contributed by atoms with van der Waals surface area (Å²) in [6, 6.07) is 14.5. The van der Waals surface area contributed by atoms with Crippen molar-refractivity contribution < 1.29 is 8.42 Å². The molecule has 0 unspecified atom stereocenters. The summed E-state index contributed by atoms with van der Waals surface area (Å²) in [6.45, 7) is 0.335. The van der Waals surface area contributed by atoms with Crippen LogP contribution < -0.4 is 0 Å². The average Bonchev–Trinajstić information content (AvgIpc) is 2.47. The maximum Gasteiger partial charge on any atom is 0.243 e. The molecule has 2 rings (SSSR count). The van der Waals surface area contributed by atoms with E-state index in [1.54, 1.807) is 19.2 Å². The molecule has 0 amide bonds. The van der Waals surface area contributed by atoms with Crippen molar-refractivity contribution in [1.82, 2.24) is 4.31 Å². The molecular weight excluding hydrogens is 418 g/mol. The van der Waals surface area contributed by atoms with Crippen LogP contribution in [0.15, 0.2) is 57.9 Å². The lowest BCUT2D eigenvalue weighted by atomic mass is 10.2.